The molecule has 0 spiro atoms. The van der Waals surface area contributed by atoms with Crippen LogP contribution in [0.15, 0.2) is 0 Å². The largest absolute Gasteiger partial charge is 0.380 e. The van der Waals surface area contributed by atoms with E-state index in [9.17, 15) is 0 Å². The maximum absolute atomic E-state index is 5.35. The van der Waals surface area contributed by atoms with Crippen LogP contribution in [0, 0.1) is 12.3 Å². The van der Waals surface area contributed by atoms with E-state index in [-0.39, 0.29) is 0 Å². The zero-order valence-electron chi connectivity index (χ0n) is 9.83. The molecule has 0 amide bonds. The predicted octanol–water partition coefficient (Wildman–Crippen LogP) is 0.708. The molecular weight excluding hydrogens is 188 g/mol. The highest BCUT2D eigenvalue weighted by atomic mass is 16.5. The smallest absolute Gasteiger partial charge is 0.0711 e. The van der Waals surface area contributed by atoms with Gasteiger partial charge in [-0.05, 0) is 19.4 Å². The number of terminal acetylenes is 1. The lowest BCUT2D eigenvalue weighted by Gasteiger charge is -2.22. The maximum atomic E-state index is 5.35. The first-order valence-electron chi connectivity index (χ1n) is 5.72. The Bertz CT molecular complexity index is 212. The van der Waals surface area contributed by atoms with Crippen LogP contribution in [0.2, 0.25) is 0 Å². The van der Waals surface area contributed by atoms with E-state index in [4.69, 9.17) is 11.2 Å². The fourth-order valence-corrected chi connectivity index (χ4v) is 2.09. The van der Waals surface area contributed by atoms with Crippen LogP contribution in [0.1, 0.15) is 19.8 Å². The molecular formula is C12H22N2O. The van der Waals surface area contributed by atoms with Crippen molar-refractivity contribution in [2.45, 2.75) is 31.9 Å². The van der Waals surface area contributed by atoms with Gasteiger partial charge in [-0.15, -0.1) is 6.42 Å². The molecule has 1 N–H and O–H groups in total. The van der Waals surface area contributed by atoms with Gasteiger partial charge in [0.1, 0.15) is 0 Å². The van der Waals surface area contributed by atoms with Crippen LogP contribution in [0.3, 0.4) is 0 Å². The minimum Gasteiger partial charge on any atom is -0.380 e. The first-order valence-corrected chi connectivity index (χ1v) is 5.72. The molecule has 0 bridgehead atoms. The third-order valence-electron chi connectivity index (χ3n) is 2.85. The molecule has 0 aromatic heterocycles. The van der Waals surface area contributed by atoms with Crippen molar-refractivity contribution < 1.29 is 4.74 Å². The molecule has 1 fully saturated rings. The van der Waals surface area contributed by atoms with Gasteiger partial charge < -0.3 is 10.1 Å². The minimum absolute atomic E-state index is 0.379. The topological polar surface area (TPSA) is 24.5 Å². The Morgan fingerprint density at radius 1 is 1.60 bits per heavy atom. The van der Waals surface area contributed by atoms with Crippen LogP contribution in [-0.2, 0) is 4.74 Å². The molecule has 2 atom stereocenters. The van der Waals surface area contributed by atoms with E-state index in [1.165, 1.54) is 0 Å². The number of nitrogens with zero attached hydrogens (tertiary/aromatic N) is 1. The van der Waals surface area contributed by atoms with Gasteiger partial charge in [-0.25, -0.2) is 0 Å². The quantitative estimate of drug-likeness (QED) is 0.653. The lowest BCUT2D eigenvalue weighted by atomic mass is 10.2. The fraction of sp³-hybridized carbons (Fsp3) is 0.833. The molecule has 0 aromatic carbocycles. The lowest BCUT2D eigenvalue weighted by Crippen LogP contribution is -2.38. The Hall–Kier alpha value is -0.560. The number of ether oxygens (including phenoxy) is 1. The van der Waals surface area contributed by atoms with E-state index >= 15 is 0 Å². The van der Waals surface area contributed by atoms with Gasteiger partial charge in [0.2, 0.25) is 0 Å². The Balaban J connectivity index is 2.29. The molecule has 86 valence electrons. The highest BCUT2D eigenvalue weighted by Gasteiger charge is 2.24. The van der Waals surface area contributed by atoms with Crippen molar-refractivity contribution in [3.05, 3.63) is 0 Å². The SMILES string of the molecule is C#CCN(CCC)CC1CC(OC)CN1. The Morgan fingerprint density at radius 3 is 2.93 bits per heavy atom. The summed E-state index contributed by atoms with van der Waals surface area (Å²) in [6, 6.07) is 0.537. The predicted molar refractivity (Wildman–Crippen MR) is 62.8 cm³/mol. The lowest BCUT2D eigenvalue weighted by molar-refractivity contribution is 0.116. The van der Waals surface area contributed by atoms with Crippen molar-refractivity contribution >= 4 is 0 Å². The monoisotopic (exact) mass is 210 g/mol. The van der Waals surface area contributed by atoms with Crippen molar-refractivity contribution in [2.24, 2.45) is 0 Å². The summed E-state index contributed by atoms with van der Waals surface area (Å²) in [5.41, 5.74) is 0. The molecule has 0 aromatic rings. The molecule has 3 heteroatoms. The van der Waals surface area contributed by atoms with Crippen LogP contribution in [0.25, 0.3) is 0 Å². The summed E-state index contributed by atoms with van der Waals surface area (Å²) in [6.45, 7) is 6.03. The number of nitrogens with one attached hydrogen (secondary N) is 1. The average molecular weight is 210 g/mol. The van der Waals surface area contributed by atoms with Gasteiger partial charge in [0.15, 0.2) is 0 Å². The summed E-state index contributed by atoms with van der Waals surface area (Å²) in [5, 5.41) is 3.47. The molecule has 2 unspecified atom stereocenters. The van der Waals surface area contributed by atoms with Crippen molar-refractivity contribution in [3.8, 4) is 12.3 Å². The van der Waals surface area contributed by atoms with Crippen molar-refractivity contribution in [3.63, 3.8) is 0 Å². The van der Waals surface area contributed by atoms with Crippen LogP contribution in [-0.4, -0.2) is 50.3 Å². The molecule has 0 radical (unpaired) electrons. The molecule has 0 aliphatic carbocycles. The molecule has 15 heavy (non-hydrogen) atoms. The van der Waals surface area contributed by atoms with E-state index < -0.39 is 0 Å². The molecule has 1 aliphatic heterocycles. The van der Waals surface area contributed by atoms with E-state index in [0.29, 0.717) is 12.1 Å². The standard InChI is InChI=1S/C12H22N2O/c1-4-6-14(7-5-2)10-11-8-12(15-3)9-13-11/h1,11-13H,5-10H2,2-3H3. The van der Waals surface area contributed by atoms with Gasteiger partial charge in [-0.2, -0.15) is 0 Å². The Morgan fingerprint density at radius 2 is 2.40 bits per heavy atom. The van der Waals surface area contributed by atoms with Gasteiger partial charge in [-0.1, -0.05) is 12.8 Å². The molecule has 0 saturated carbocycles. The number of methoxy groups -OCH3 is 1. The average Bonchev–Trinajstić information content (AvgIpc) is 2.66. The fourth-order valence-electron chi connectivity index (χ4n) is 2.09. The number of rotatable bonds is 6. The Labute approximate surface area is 93.2 Å². The number of hydrogen-bond donors (Lipinski definition) is 1. The zero-order valence-corrected chi connectivity index (χ0v) is 9.83. The van der Waals surface area contributed by atoms with Gasteiger partial charge in [0.05, 0.1) is 12.6 Å². The van der Waals surface area contributed by atoms with Gasteiger partial charge in [-0.3, -0.25) is 4.90 Å². The first-order chi connectivity index (χ1) is 7.30. The normalized spacial score (nSPS) is 25.7. The molecule has 1 aliphatic rings. The summed E-state index contributed by atoms with van der Waals surface area (Å²) < 4.78 is 5.32. The second-order valence-electron chi connectivity index (χ2n) is 4.14. The molecule has 3 nitrogen and oxygen atoms in total. The van der Waals surface area contributed by atoms with Crippen LogP contribution in [0.4, 0.5) is 0 Å². The van der Waals surface area contributed by atoms with E-state index in [1.54, 1.807) is 7.11 Å². The summed E-state index contributed by atoms with van der Waals surface area (Å²) in [6.07, 6.45) is 7.98. The second-order valence-corrected chi connectivity index (χ2v) is 4.14. The first kappa shape index (κ1) is 12.5. The van der Waals surface area contributed by atoms with Gasteiger partial charge in [0.25, 0.3) is 0 Å². The maximum Gasteiger partial charge on any atom is 0.0711 e. The molecule has 1 saturated heterocycles. The summed E-state index contributed by atoms with van der Waals surface area (Å²) in [5.74, 6) is 2.72. The summed E-state index contributed by atoms with van der Waals surface area (Å²) in [7, 11) is 1.78. The van der Waals surface area contributed by atoms with E-state index in [1.807, 2.05) is 0 Å². The highest BCUT2D eigenvalue weighted by Crippen LogP contribution is 2.10. The third kappa shape index (κ3) is 4.21. The Kier molecular flexibility index (Phi) is 5.70. The summed E-state index contributed by atoms with van der Waals surface area (Å²) >= 11 is 0. The van der Waals surface area contributed by atoms with Crippen LogP contribution in [0.5, 0.6) is 0 Å². The van der Waals surface area contributed by atoms with E-state index in [2.05, 4.69) is 23.1 Å². The van der Waals surface area contributed by atoms with Crippen molar-refractivity contribution in [1.29, 1.82) is 0 Å². The third-order valence-corrected chi connectivity index (χ3v) is 2.85. The number of hydrogen-bond acceptors (Lipinski definition) is 3. The van der Waals surface area contributed by atoms with Crippen LogP contribution >= 0.6 is 0 Å². The zero-order chi connectivity index (χ0) is 11.1. The van der Waals surface area contributed by atoms with Crippen molar-refractivity contribution in [1.82, 2.24) is 10.2 Å². The summed E-state index contributed by atoms with van der Waals surface area (Å²) in [4.78, 5) is 2.33. The van der Waals surface area contributed by atoms with Gasteiger partial charge >= 0.3 is 0 Å². The van der Waals surface area contributed by atoms with Crippen molar-refractivity contribution in [2.75, 3.05) is 33.3 Å². The molecule has 1 heterocycles. The van der Waals surface area contributed by atoms with Gasteiger partial charge in [0, 0.05) is 26.2 Å². The molecule has 1 rings (SSSR count). The van der Waals surface area contributed by atoms with Crippen LogP contribution < -0.4 is 5.32 Å². The minimum atomic E-state index is 0.379. The van der Waals surface area contributed by atoms with E-state index in [0.717, 1.165) is 39.0 Å². The second kappa shape index (κ2) is 6.84. The highest BCUT2D eigenvalue weighted by molar-refractivity contribution is 4.91.